The molecule has 0 aliphatic rings. The predicted molar refractivity (Wildman–Crippen MR) is 96.7 cm³/mol. The molecule has 1 heterocycles. The number of carbonyl (C=O) groups is 1. The summed E-state index contributed by atoms with van der Waals surface area (Å²) in [5, 5.41) is 4.45. The van der Waals surface area contributed by atoms with Crippen LogP contribution < -0.4 is 0 Å². The van der Waals surface area contributed by atoms with Crippen molar-refractivity contribution in [1.82, 2.24) is 9.78 Å². The van der Waals surface area contributed by atoms with Crippen LogP contribution in [0, 0.1) is 0 Å². The summed E-state index contributed by atoms with van der Waals surface area (Å²) in [5.74, 6) is -0.408. The van der Waals surface area contributed by atoms with Crippen LogP contribution in [0.1, 0.15) is 17.4 Å². The van der Waals surface area contributed by atoms with Crippen LogP contribution in [0.25, 0.3) is 16.9 Å². The fourth-order valence-corrected chi connectivity index (χ4v) is 2.83. The number of hydrogen-bond donors (Lipinski definition) is 0. The van der Waals surface area contributed by atoms with Gasteiger partial charge >= 0.3 is 5.97 Å². The third kappa shape index (κ3) is 3.36. The summed E-state index contributed by atoms with van der Waals surface area (Å²) < 4.78 is 6.86. The number of ether oxygens (including phenoxy) is 1. The van der Waals surface area contributed by atoms with Crippen molar-refractivity contribution in [2.24, 2.45) is 0 Å². The zero-order valence-corrected chi connectivity index (χ0v) is 14.4. The molecule has 0 aliphatic carbocycles. The van der Waals surface area contributed by atoms with E-state index in [1.807, 2.05) is 48.7 Å². The number of para-hydroxylation sites is 1. The summed E-state index contributed by atoms with van der Waals surface area (Å²) in [6, 6.07) is 19.7. The van der Waals surface area contributed by atoms with Gasteiger partial charge in [0.1, 0.15) is 0 Å². The molecule has 3 aromatic rings. The predicted octanol–water partition coefficient (Wildman–Crippen LogP) is 4.44. The Morgan fingerprint density at radius 3 is 2.46 bits per heavy atom. The second-order valence-corrected chi connectivity index (χ2v) is 5.99. The smallest absolute Gasteiger partial charge is 0.358 e. The minimum absolute atomic E-state index is 0.310. The first-order valence-electron chi connectivity index (χ1n) is 7.70. The lowest BCUT2D eigenvalue weighted by Crippen LogP contribution is -2.06. The topological polar surface area (TPSA) is 44.1 Å². The highest BCUT2D eigenvalue weighted by Crippen LogP contribution is 2.26. The van der Waals surface area contributed by atoms with E-state index >= 15 is 0 Å². The van der Waals surface area contributed by atoms with E-state index in [4.69, 9.17) is 4.74 Å². The van der Waals surface area contributed by atoms with Crippen molar-refractivity contribution >= 4 is 17.7 Å². The number of aromatic nitrogens is 2. The highest BCUT2D eigenvalue weighted by atomic mass is 32.2. The monoisotopic (exact) mass is 338 g/mol. The molecular weight excluding hydrogens is 320 g/mol. The average molecular weight is 338 g/mol. The summed E-state index contributed by atoms with van der Waals surface area (Å²) in [4.78, 5) is 13.3. The molecule has 24 heavy (non-hydrogen) atoms. The number of hydrogen-bond acceptors (Lipinski definition) is 4. The van der Waals surface area contributed by atoms with Crippen molar-refractivity contribution in [2.45, 2.75) is 11.8 Å². The summed E-state index contributed by atoms with van der Waals surface area (Å²) in [6.07, 6.45) is 2.04. The van der Waals surface area contributed by atoms with Crippen LogP contribution in [-0.2, 0) is 4.74 Å². The van der Waals surface area contributed by atoms with Gasteiger partial charge in [0, 0.05) is 10.5 Å². The van der Waals surface area contributed by atoms with E-state index in [-0.39, 0.29) is 0 Å². The lowest BCUT2D eigenvalue weighted by molar-refractivity contribution is 0.0519. The van der Waals surface area contributed by atoms with Gasteiger partial charge in [-0.2, -0.15) is 5.10 Å². The van der Waals surface area contributed by atoms with Crippen LogP contribution in [0.5, 0.6) is 0 Å². The first kappa shape index (κ1) is 16.3. The fourth-order valence-electron chi connectivity index (χ4n) is 2.42. The molecule has 122 valence electrons. The van der Waals surface area contributed by atoms with Gasteiger partial charge in [0.15, 0.2) is 5.69 Å². The molecule has 0 atom stereocenters. The van der Waals surface area contributed by atoms with Gasteiger partial charge in [-0.15, -0.1) is 11.8 Å². The van der Waals surface area contributed by atoms with Crippen LogP contribution in [0.15, 0.2) is 65.6 Å². The van der Waals surface area contributed by atoms with E-state index in [0.717, 1.165) is 16.9 Å². The van der Waals surface area contributed by atoms with Crippen molar-refractivity contribution < 1.29 is 9.53 Å². The Morgan fingerprint density at radius 1 is 1.12 bits per heavy atom. The molecule has 0 fully saturated rings. The Balaban J connectivity index is 2.09. The summed E-state index contributed by atoms with van der Waals surface area (Å²) in [7, 11) is 0. The number of rotatable bonds is 5. The van der Waals surface area contributed by atoms with Crippen LogP contribution in [0.3, 0.4) is 0 Å². The molecule has 0 unspecified atom stereocenters. The molecule has 0 amide bonds. The van der Waals surface area contributed by atoms with Crippen molar-refractivity contribution in [3.8, 4) is 16.9 Å². The molecule has 1 aromatic heterocycles. The number of nitrogens with zero attached hydrogens (tertiary/aromatic N) is 2. The first-order chi connectivity index (χ1) is 11.7. The quantitative estimate of drug-likeness (QED) is 0.510. The normalized spacial score (nSPS) is 10.6. The summed E-state index contributed by atoms with van der Waals surface area (Å²) >= 11 is 1.69. The SMILES string of the molecule is CCOC(=O)c1cc(-c2ccc(SC)cc2)n(-c2ccccc2)n1. The van der Waals surface area contributed by atoms with Gasteiger partial charge < -0.3 is 4.74 Å². The van der Waals surface area contributed by atoms with Crippen molar-refractivity contribution in [3.05, 3.63) is 66.4 Å². The van der Waals surface area contributed by atoms with E-state index < -0.39 is 5.97 Å². The van der Waals surface area contributed by atoms with Gasteiger partial charge in [-0.1, -0.05) is 30.3 Å². The minimum atomic E-state index is -0.408. The second-order valence-electron chi connectivity index (χ2n) is 5.11. The third-order valence-electron chi connectivity index (χ3n) is 3.58. The van der Waals surface area contributed by atoms with E-state index in [9.17, 15) is 4.79 Å². The molecule has 0 spiro atoms. The van der Waals surface area contributed by atoms with Crippen LogP contribution in [0.4, 0.5) is 0 Å². The van der Waals surface area contributed by atoms with E-state index in [1.165, 1.54) is 4.90 Å². The molecule has 0 saturated carbocycles. The lowest BCUT2D eigenvalue weighted by Gasteiger charge is -2.07. The lowest BCUT2D eigenvalue weighted by atomic mass is 10.1. The van der Waals surface area contributed by atoms with Gasteiger partial charge in [-0.05, 0) is 43.5 Å². The third-order valence-corrected chi connectivity index (χ3v) is 4.32. The van der Waals surface area contributed by atoms with E-state index in [1.54, 1.807) is 29.4 Å². The number of thioether (sulfide) groups is 1. The van der Waals surface area contributed by atoms with Gasteiger partial charge in [0.05, 0.1) is 18.0 Å². The molecule has 0 N–H and O–H groups in total. The van der Waals surface area contributed by atoms with Crippen molar-refractivity contribution in [1.29, 1.82) is 0 Å². The average Bonchev–Trinajstić information content (AvgIpc) is 3.08. The van der Waals surface area contributed by atoms with Crippen LogP contribution in [-0.4, -0.2) is 28.6 Å². The van der Waals surface area contributed by atoms with Crippen molar-refractivity contribution in [3.63, 3.8) is 0 Å². The van der Waals surface area contributed by atoms with Gasteiger partial charge in [-0.25, -0.2) is 9.48 Å². The standard InChI is InChI=1S/C19H18N2O2S/c1-3-23-19(22)17-13-18(14-9-11-16(24-2)12-10-14)21(20-17)15-7-5-4-6-8-15/h4-13H,3H2,1-2H3. The molecule has 3 rings (SSSR count). The number of esters is 1. The number of carbonyl (C=O) groups excluding carboxylic acids is 1. The van der Waals surface area contributed by atoms with Gasteiger partial charge in [0.25, 0.3) is 0 Å². The molecular formula is C19H18N2O2S. The van der Waals surface area contributed by atoms with E-state index in [2.05, 4.69) is 17.2 Å². The largest absolute Gasteiger partial charge is 0.461 e. The molecule has 0 saturated heterocycles. The minimum Gasteiger partial charge on any atom is -0.461 e. The number of benzene rings is 2. The van der Waals surface area contributed by atoms with Gasteiger partial charge in [-0.3, -0.25) is 0 Å². The Kier molecular flexibility index (Phi) is 5.01. The maximum atomic E-state index is 12.1. The molecule has 0 aliphatic heterocycles. The Bertz CT molecular complexity index is 826. The highest BCUT2D eigenvalue weighted by molar-refractivity contribution is 7.98. The van der Waals surface area contributed by atoms with Crippen molar-refractivity contribution in [2.75, 3.05) is 12.9 Å². The molecule has 0 bridgehead atoms. The van der Waals surface area contributed by atoms with Crippen LogP contribution >= 0.6 is 11.8 Å². The first-order valence-corrected chi connectivity index (χ1v) is 8.92. The van der Waals surface area contributed by atoms with Gasteiger partial charge in [0.2, 0.25) is 0 Å². The maximum absolute atomic E-state index is 12.1. The highest BCUT2D eigenvalue weighted by Gasteiger charge is 2.17. The summed E-state index contributed by atoms with van der Waals surface area (Å²) in [6.45, 7) is 2.11. The van der Waals surface area contributed by atoms with Crippen LogP contribution in [0.2, 0.25) is 0 Å². The zero-order valence-electron chi connectivity index (χ0n) is 13.6. The molecule has 0 radical (unpaired) electrons. The molecule has 4 nitrogen and oxygen atoms in total. The Hall–Kier alpha value is -2.53. The summed E-state index contributed by atoms with van der Waals surface area (Å²) in [5.41, 5.74) is 3.07. The van der Waals surface area contributed by atoms with E-state index in [0.29, 0.717) is 12.3 Å². The molecule has 5 heteroatoms. The zero-order chi connectivity index (χ0) is 16.9. The fraction of sp³-hybridized carbons (Fsp3) is 0.158. The molecule has 2 aromatic carbocycles. The second kappa shape index (κ2) is 7.36. The maximum Gasteiger partial charge on any atom is 0.358 e. The Labute approximate surface area is 145 Å². The Morgan fingerprint density at radius 2 is 1.83 bits per heavy atom.